The van der Waals surface area contributed by atoms with E-state index >= 15 is 0 Å². The topological polar surface area (TPSA) is 79.2 Å². The average Bonchev–Trinajstić information content (AvgIpc) is 2.63. The number of ether oxygens (including phenoxy) is 1. The number of hydrogen-bond donors (Lipinski definition) is 1. The summed E-state index contributed by atoms with van der Waals surface area (Å²) < 4.78 is 4.94. The molecule has 25 heavy (non-hydrogen) atoms. The zero-order chi connectivity index (χ0) is 18.2. The van der Waals surface area contributed by atoms with Crippen LogP contribution in [0.15, 0.2) is 54.6 Å². The lowest BCUT2D eigenvalue weighted by Gasteiger charge is -2.15. The van der Waals surface area contributed by atoms with Gasteiger partial charge in [-0.05, 0) is 18.1 Å². The zero-order valence-corrected chi connectivity index (χ0v) is 14.2. The molecule has 0 bridgehead atoms. The Balaban J connectivity index is 2.13. The van der Waals surface area contributed by atoms with Crippen molar-refractivity contribution < 1.29 is 14.3 Å². The summed E-state index contributed by atoms with van der Waals surface area (Å²) in [6.45, 7) is 2.05. The molecule has 0 saturated carbocycles. The molecule has 0 aliphatic carbocycles. The zero-order valence-electron chi connectivity index (χ0n) is 14.2. The van der Waals surface area contributed by atoms with Crippen molar-refractivity contribution in [1.29, 1.82) is 5.26 Å². The largest absolute Gasteiger partial charge is 0.383 e. The third-order valence-corrected chi connectivity index (χ3v) is 3.74. The molecule has 1 N–H and O–H groups in total. The Labute approximate surface area is 147 Å². The first-order valence-corrected chi connectivity index (χ1v) is 7.95. The summed E-state index contributed by atoms with van der Waals surface area (Å²) in [5.41, 5.74) is 2.33. The molecule has 0 fully saturated rings. The van der Waals surface area contributed by atoms with Crippen molar-refractivity contribution in [3.8, 4) is 17.2 Å². The summed E-state index contributed by atoms with van der Waals surface area (Å²) >= 11 is 0. The van der Waals surface area contributed by atoms with Crippen LogP contribution < -0.4 is 5.32 Å². The van der Waals surface area contributed by atoms with E-state index in [0.29, 0.717) is 12.2 Å². The lowest BCUT2D eigenvalue weighted by atomic mass is 9.95. The Bertz CT molecular complexity index is 764. The fraction of sp³-hybridized carbons (Fsp3) is 0.250. The third-order valence-electron chi connectivity index (χ3n) is 3.74. The normalized spacial score (nSPS) is 12.7. The van der Waals surface area contributed by atoms with E-state index < -0.39 is 17.6 Å². The number of ketones is 1. The minimum Gasteiger partial charge on any atom is -0.383 e. The van der Waals surface area contributed by atoms with E-state index in [9.17, 15) is 14.9 Å². The monoisotopic (exact) mass is 336 g/mol. The van der Waals surface area contributed by atoms with Crippen LogP contribution in [0.5, 0.6) is 0 Å². The summed E-state index contributed by atoms with van der Waals surface area (Å²) in [5.74, 6) is -2.49. The van der Waals surface area contributed by atoms with Gasteiger partial charge in [0.25, 0.3) is 0 Å². The van der Waals surface area contributed by atoms with Gasteiger partial charge < -0.3 is 10.1 Å². The van der Waals surface area contributed by atoms with Crippen LogP contribution in [0.2, 0.25) is 0 Å². The van der Waals surface area contributed by atoms with Gasteiger partial charge in [0, 0.05) is 18.7 Å². The van der Waals surface area contributed by atoms with Crippen LogP contribution in [0, 0.1) is 17.2 Å². The quantitative estimate of drug-likeness (QED) is 0.623. The molecule has 2 atom stereocenters. The number of Topliss-reactive ketones (excluding diaryl/α,β-unsaturated/α-hetero) is 1. The number of nitriles is 1. The molecule has 2 aromatic rings. The standard InChI is InChI=1S/C20H20N2O3/c1-14(13-25-2)22-20(24)18(12-21)19(23)17-10-8-16(9-11-17)15-6-4-3-5-7-15/h3-11,14,18H,13H2,1-2H3,(H,22,24)/t14-,18+/m1/s1. The van der Waals surface area contributed by atoms with Gasteiger partial charge in [0.15, 0.2) is 11.7 Å². The van der Waals surface area contributed by atoms with Crippen molar-refractivity contribution in [1.82, 2.24) is 5.32 Å². The lowest BCUT2D eigenvalue weighted by Crippen LogP contribution is -2.41. The van der Waals surface area contributed by atoms with Crippen LogP contribution in [0.3, 0.4) is 0 Å². The highest BCUT2D eigenvalue weighted by atomic mass is 16.5. The Morgan fingerprint density at radius 1 is 1.08 bits per heavy atom. The molecule has 0 aliphatic heterocycles. The number of nitrogens with zero attached hydrogens (tertiary/aromatic N) is 1. The van der Waals surface area contributed by atoms with Crippen molar-refractivity contribution in [2.75, 3.05) is 13.7 Å². The molecule has 0 radical (unpaired) electrons. The summed E-state index contributed by atoms with van der Waals surface area (Å²) in [4.78, 5) is 24.6. The molecule has 2 aromatic carbocycles. The third kappa shape index (κ3) is 4.75. The average molecular weight is 336 g/mol. The predicted molar refractivity (Wildman–Crippen MR) is 94.8 cm³/mol. The maximum absolute atomic E-state index is 12.5. The van der Waals surface area contributed by atoms with Gasteiger partial charge in [0.1, 0.15) is 0 Å². The highest BCUT2D eigenvalue weighted by Gasteiger charge is 2.28. The molecular formula is C20H20N2O3. The molecule has 0 aromatic heterocycles. The lowest BCUT2D eigenvalue weighted by molar-refractivity contribution is -0.123. The van der Waals surface area contributed by atoms with E-state index in [1.165, 1.54) is 7.11 Å². The first-order chi connectivity index (χ1) is 12.1. The molecule has 0 saturated heterocycles. The summed E-state index contributed by atoms with van der Waals surface area (Å²) in [7, 11) is 1.52. The highest BCUT2D eigenvalue weighted by Crippen LogP contribution is 2.20. The summed E-state index contributed by atoms with van der Waals surface area (Å²) in [5, 5.41) is 11.9. The van der Waals surface area contributed by atoms with Gasteiger partial charge in [-0.25, -0.2) is 0 Å². The SMILES string of the molecule is COC[C@@H](C)NC(=O)[C@@H](C#N)C(=O)c1ccc(-c2ccccc2)cc1. The van der Waals surface area contributed by atoms with E-state index in [1.807, 2.05) is 42.5 Å². The molecule has 1 amide bonds. The first-order valence-electron chi connectivity index (χ1n) is 7.95. The molecule has 5 heteroatoms. The molecular weight excluding hydrogens is 316 g/mol. The van der Waals surface area contributed by atoms with Gasteiger partial charge >= 0.3 is 0 Å². The molecule has 0 aliphatic rings. The molecule has 0 unspecified atom stereocenters. The van der Waals surface area contributed by atoms with Crippen molar-refractivity contribution in [3.05, 3.63) is 60.2 Å². The minimum atomic E-state index is -1.37. The number of carbonyl (C=O) groups is 2. The second kappa shape index (κ2) is 8.76. The number of rotatable bonds is 7. The Kier molecular flexibility index (Phi) is 6.44. The van der Waals surface area contributed by atoms with Gasteiger partial charge in [-0.3, -0.25) is 9.59 Å². The number of benzene rings is 2. The van der Waals surface area contributed by atoms with Crippen LogP contribution in [-0.4, -0.2) is 31.4 Å². The Hall–Kier alpha value is -2.97. The molecule has 128 valence electrons. The maximum Gasteiger partial charge on any atom is 0.245 e. The van der Waals surface area contributed by atoms with Gasteiger partial charge in [0.05, 0.1) is 12.7 Å². The van der Waals surface area contributed by atoms with Crippen molar-refractivity contribution in [2.24, 2.45) is 5.92 Å². The number of nitrogens with one attached hydrogen (secondary N) is 1. The number of hydrogen-bond acceptors (Lipinski definition) is 4. The summed E-state index contributed by atoms with van der Waals surface area (Å²) in [6, 6.07) is 18.2. The van der Waals surface area contributed by atoms with E-state index in [-0.39, 0.29) is 6.04 Å². The fourth-order valence-corrected chi connectivity index (χ4v) is 2.48. The van der Waals surface area contributed by atoms with Gasteiger partial charge in [-0.2, -0.15) is 5.26 Å². The number of amides is 1. The van der Waals surface area contributed by atoms with Crippen LogP contribution in [0.25, 0.3) is 11.1 Å². The van der Waals surface area contributed by atoms with Gasteiger partial charge in [-0.15, -0.1) is 0 Å². The molecule has 2 rings (SSSR count). The molecule has 5 nitrogen and oxygen atoms in total. The molecule has 0 heterocycles. The van der Waals surface area contributed by atoms with Crippen LogP contribution in [0.4, 0.5) is 0 Å². The predicted octanol–water partition coefficient (Wildman–Crippen LogP) is 2.83. The van der Waals surface area contributed by atoms with Crippen LogP contribution in [-0.2, 0) is 9.53 Å². The highest BCUT2D eigenvalue weighted by molar-refractivity contribution is 6.12. The maximum atomic E-state index is 12.5. The van der Waals surface area contributed by atoms with E-state index in [0.717, 1.165) is 11.1 Å². The van der Waals surface area contributed by atoms with E-state index in [2.05, 4.69) is 5.32 Å². The smallest absolute Gasteiger partial charge is 0.245 e. The van der Waals surface area contributed by atoms with Gasteiger partial charge in [-0.1, -0.05) is 54.6 Å². The van der Waals surface area contributed by atoms with E-state index in [4.69, 9.17) is 4.74 Å². The van der Waals surface area contributed by atoms with Crippen LogP contribution in [0.1, 0.15) is 17.3 Å². The second-order valence-corrected chi connectivity index (χ2v) is 5.73. The van der Waals surface area contributed by atoms with Crippen molar-refractivity contribution in [3.63, 3.8) is 0 Å². The van der Waals surface area contributed by atoms with E-state index in [1.54, 1.807) is 25.1 Å². The number of methoxy groups -OCH3 is 1. The number of carbonyl (C=O) groups excluding carboxylic acids is 2. The van der Waals surface area contributed by atoms with Crippen molar-refractivity contribution >= 4 is 11.7 Å². The Morgan fingerprint density at radius 2 is 1.68 bits per heavy atom. The second-order valence-electron chi connectivity index (χ2n) is 5.73. The first kappa shape index (κ1) is 18.4. The molecule has 0 spiro atoms. The Morgan fingerprint density at radius 3 is 2.24 bits per heavy atom. The summed E-state index contributed by atoms with van der Waals surface area (Å²) in [6.07, 6.45) is 0. The van der Waals surface area contributed by atoms with Gasteiger partial charge in [0.2, 0.25) is 5.91 Å². The minimum absolute atomic E-state index is 0.276. The van der Waals surface area contributed by atoms with Crippen molar-refractivity contribution in [2.45, 2.75) is 13.0 Å². The van der Waals surface area contributed by atoms with Crippen LogP contribution >= 0.6 is 0 Å². The fourth-order valence-electron chi connectivity index (χ4n) is 2.48.